The highest BCUT2D eigenvalue weighted by Gasteiger charge is 2.33. The van der Waals surface area contributed by atoms with Gasteiger partial charge in [-0.15, -0.1) is 0 Å². The lowest BCUT2D eigenvalue weighted by molar-refractivity contribution is 0.0519. The van der Waals surface area contributed by atoms with E-state index in [1.54, 1.807) is 49.4 Å². The molecule has 0 saturated carbocycles. The van der Waals surface area contributed by atoms with Gasteiger partial charge in [-0.3, -0.25) is 0 Å². The van der Waals surface area contributed by atoms with Crippen molar-refractivity contribution in [3.63, 3.8) is 0 Å². The van der Waals surface area contributed by atoms with E-state index >= 15 is 0 Å². The molecule has 1 heterocycles. The molecule has 0 aliphatic carbocycles. The summed E-state index contributed by atoms with van der Waals surface area (Å²) in [6.07, 6.45) is 1.54. The monoisotopic (exact) mass is 570 g/mol. The van der Waals surface area contributed by atoms with Gasteiger partial charge in [0, 0.05) is 22.7 Å². The molecule has 4 aromatic carbocycles. The molecule has 202 valence electrons. The summed E-state index contributed by atoms with van der Waals surface area (Å²) in [5, 5.41) is 0.508. The van der Waals surface area contributed by atoms with Gasteiger partial charge in [0.1, 0.15) is 12.4 Å². The smallest absolute Gasteiger partial charge is 0.356 e. The lowest BCUT2D eigenvalue weighted by Crippen LogP contribution is -2.20. The predicted molar refractivity (Wildman–Crippen MR) is 160 cm³/mol. The first-order valence-electron chi connectivity index (χ1n) is 12.6. The molecule has 0 spiro atoms. The number of rotatable bonds is 9. The molecule has 0 saturated heterocycles. The van der Waals surface area contributed by atoms with Gasteiger partial charge >= 0.3 is 5.97 Å². The molecule has 0 amide bonds. The van der Waals surface area contributed by atoms with E-state index in [4.69, 9.17) is 9.47 Å². The van der Waals surface area contributed by atoms with E-state index < -0.39 is 16.0 Å². The molecule has 0 atom stereocenters. The number of hydrogen-bond acceptors (Lipinski definition) is 7. The number of thiol groups is 1. The van der Waals surface area contributed by atoms with E-state index in [1.165, 1.54) is 18.3 Å². The van der Waals surface area contributed by atoms with Crippen LogP contribution in [0.15, 0.2) is 112 Å². The van der Waals surface area contributed by atoms with Crippen LogP contribution in [-0.4, -0.2) is 31.2 Å². The van der Waals surface area contributed by atoms with Crippen LogP contribution in [0.1, 0.15) is 28.5 Å². The fourth-order valence-electron chi connectivity index (χ4n) is 4.58. The molecule has 0 aliphatic rings. The zero-order valence-corrected chi connectivity index (χ0v) is 23.3. The minimum Gasteiger partial charge on any atom is -0.489 e. The van der Waals surface area contributed by atoms with E-state index in [1.807, 2.05) is 48.5 Å². The summed E-state index contributed by atoms with van der Waals surface area (Å²) in [4.78, 5) is 13.6. The van der Waals surface area contributed by atoms with E-state index in [9.17, 15) is 13.2 Å². The van der Waals surface area contributed by atoms with E-state index in [0.717, 1.165) is 9.54 Å². The Morgan fingerprint density at radius 3 is 2.30 bits per heavy atom. The number of ether oxygens (including phenoxy) is 2. The number of esters is 1. The quantitative estimate of drug-likeness (QED) is 0.123. The number of fused-ring (bicyclic) bond motifs is 1. The average Bonchev–Trinajstić information content (AvgIpc) is 3.33. The van der Waals surface area contributed by atoms with Crippen LogP contribution in [0.4, 0.5) is 0 Å². The highest BCUT2D eigenvalue weighted by molar-refractivity contribution is 7.90. The van der Waals surface area contributed by atoms with Crippen molar-refractivity contribution in [3.05, 3.63) is 120 Å². The SMILES string of the molecule is CCOC(=O)c1c(-c2ccccc2/C=N\S)c2cc(OCc3ccccc3)ccc2n1S(=O)(=O)c1ccccc1. The molecular weight excluding hydrogens is 544 g/mol. The number of hydrogen-bond donors (Lipinski definition) is 1. The lowest BCUT2D eigenvalue weighted by Gasteiger charge is -2.13. The summed E-state index contributed by atoms with van der Waals surface area (Å²) in [5.41, 5.74) is 2.81. The van der Waals surface area contributed by atoms with Crippen LogP contribution in [-0.2, 0) is 21.4 Å². The minimum atomic E-state index is -4.21. The third-order valence-electron chi connectivity index (χ3n) is 6.32. The summed E-state index contributed by atoms with van der Waals surface area (Å²) in [6, 6.07) is 30.1. The molecule has 0 radical (unpaired) electrons. The predicted octanol–water partition coefficient (Wildman–Crippen LogP) is 6.56. The minimum absolute atomic E-state index is 0.0404. The van der Waals surface area contributed by atoms with Gasteiger partial charge in [0.05, 0.1) is 17.0 Å². The number of nitrogens with zero attached hydrogens (tertiary/aromatic N) is 2. The topological polar surface area (TPSA) is 87.0 Å². The van der Waals surface area contributed by atoms with Crippen LogP contribution in [0.3, 0.4) is 0 Å². The fourth-order valence-corrected chi connectivity index (χ4v) is 6.24. The van der Waals surface area contributed by atoms with Crippen LogP contribution in [0.25, 0.3) is 22.0 Å². The van der Waals surface area contributed by atoms with Crippen molar-refractivity contribution < 1.29 is 22.7 Å². The standard InChI is InChI=1S/C31H26N2O5S2/c1-2-37-31(34)30-29(26-16-10-9-13-23(26)20-32-39)27-19-24(38-21-22-11-5-3-6-12-22)17-18-28(27)33(30)40(35,36)25-14-7-4-8-15-25/h3-20,39H,2,21H2,1H3/b32-20-. The molecule has 5 aromatic rings. The molecule has 5 rings (SSSR count). The normalized spacial score (nSPS) is 11.7. The molecular formula is C31H26N2O5S2. The van der Waals surface area contributed by atoms with Gasteiger partial charge in [-0.2, -0.15) is 0 Å². The highest BCUT2D eigenvalue weighted by atomic mass is 32.2. The molecule has 9 heteroatoms. The number of carbonyl (C=O) groups is 1. The van der Waals surface area contributed by atoms with E-state index in [-0.39, 0.29) is 17.2 Å². The first-order chi connectivity index (χ1) is 19.5. The first kappa shape index (κ1) is 27.2. The van der Waals surface area contributed by atoms with Gasteiger partial charge in [0.2, 0.25) is 0 Å². The van der Waals surface area contributed by atoms with Gasteiger partial charge in [0.15, 0.2) is 5.69 Å². The Bertz CT molecular complexity index is 1800. The van der Waals surface area contributed by atoms with Crippen LogP contribution >= 0.6 is 12.8 Å². The van der Waals surface area contributed by atoms with Crippen molar-refractivity contribution in [1.82, 2.24) is 3.97 Å². The summed E-state index contributed by atoms with van der Waals surface area (Å²) in [6.45, 7) is 2.06. The van der Waals surface area contributed by atoms with E-state index in [0.29, 0.717) is 39.9 Å². The molecule has 7 nitrogen and oxygen atoms in total. The number of aromatic nitrogens is 1. The average molecular weight is 571 g/mol. The molecule has 0 bridgehead atoms. The maximum atomic E-state index is 14.1. The van der Waals surface area contributed by atoms with Crippen molar-refractivity contribution in [3.8, 4) is 16.9 Å². The second-order valence-electron chi connectivity index (χ2n) is 8.81. The number of carbonyl (C=O) groups excluding carboxylic acids is 1. The maximum absolute atomic E-state index is 14.1. The third-order valence-corrected chi connectivity index (χ3v) is 8.16. The van der Waals surface area contributed by atoms with Crippen molar-refractivity contribution in [2.24, 2.45) is 4.40 Å². The van der Waals surface area contributed by atoms with Crippen LogP contribution in [0, 0.1) is 0 Å². The van der Waals surface area contributed by atoms with Gasteiger partial charge in [0.25, 0.3) is 10.0 Å². The zero-order chi connectivity index (χ0) is 28.1. The molecule has 40 heavy (non-hydrogen) atoms. The van der Waals surface area contributed by atoms with Gasteiger partial charge in [-0.05, 0) is 61.2 Å². The fraction of sp³-hybridized carbons (Fsp3) is 0.0968. The molecule has 0 N–H and O–H groups in total. The Kier molecular flexibility index (Phi) is 8.04. The van der Waals surface area contributed by atoms with Crippen molar-refractivity contribution in [2.75, 3.05) is 6.61 Å². The van der Waals surface area contributed by atoms with Crippen molar-refractivity contribution in [2.45, 2.75) is 18.4 Å². The van der Waals surface area contributed by atoms with Gasteiger partial charge < -0.3 is 9.47 Å². The Morgan fingerprint density at radius 2 is 1.60 bits per heavy atom. The summed E-state index contributed by atoms with van der Waals surface area (Å²) in [5.74, 6) is -0.250. The summed E-state index contributed by atoms with van der Waals surface area (Å²) in [7, 11) is -4.21. The second-order valence-corrected chi connectivity index (χ2v) is 10.8. The molecule has 1 aromatic heterocycles. The molecule has 0 fully saturated rings. The van der Waals surface area contributed by atoms with Crippen molar-refractivity contribution in [1.29, 1.82) is 0 Å². The Labute approximate surface area is 238 Å². The Balaban J connectivity index is 1.83. The molecule has 0 unspecified atom stereocenters. The summed E-state index contributed by atoms with van der Waals surface area (Å²) >= 11 is 4.00. The first-order valence-corrected chi connectivity index (χ1v) is 14.4. The second kappa shape index (κ2) is 11.8. The van der Waals surface area contributed by atoms with Gasteiger partial charge in [-0.1, -0.05) is 72.8 Å². The third kappa shape index (κ3) is 5.25. The van der Waals surface area contributed by atoms with Gasteiger partial charge in [-0.25, -0.2) is 21.6 Å². The maximum Gasteiger partial charge on any atom is 0.356 e. The van der Waals surface area contributed by atoms with E-state index in [2.05, 4.69) is 17.2 Å². The lowest BCUT2D eigenvalue weighted by atomic mass is 9.97. The Hall–Kier alpha value is -4.34. The zero-order valence-electron chi connectivity index (χ0n) is 21.6. The number of benzene rings is 4. The van der Waals surface area contributed by atoms with Crippen LogP contribution in [0.2, 0.25) is 0 Å². The highest BCUT2D eigenvalue weighted by Crippen LogP contribution is 2.40. The van der Waals surface area contributed by atoms with Crippen LogP contribution in [0.5, 0.6) is 5.75 Å². The largest absolute Gasteiger partial charge is 0.489 e. The molecule has 0 aliphatic heterocycles. The van der Waals surface area contributed by atoms with Crippen molar-refractivity contribution >= 4 is 45.9 Å². The Morgan fingerprint density at radius 1 is 0.925 bits per heavy atom. The van der Waals surface area contributed by atoms with Crippen LogP contribution < -0.4 is 4.74 Å². The summed E-state index contributed by atoms with van der Waals surface area (Å²) < 4.78 is 44.7.